The lowest BCUT2D eigenvalue weighted by molar-refractivity contribution is 0.162. The van der Waals surface area contributed by atoms with Gasteiger partial charge in [0.1, 0.15) is 25.2 Å². The van der Waals surface area contributed by atoms with Crippen LogP contribution in [0, 0.1) is 5.92 Å². The van der Waals surface area contributed by atoms with Gasteiger partial charge in [-0.2, -0.15) is 9.61 Å². The van der Waals surface area contributed by atoms with Crippen LogP contribution < -0.4 is 10.8 Å². The lowest BCUT2D eigenvalue weighted by atomic mass is 9.98. The Morgan fingerprint density at radius 3 is 2.97 bits per heavy atom. The van der Waals surface area contributed by atoms with Crippen LogP contribution >= 0.6 is 0 Å². The molecule has 4 heterocycles. The number of likely N-dealkylation sites (tertiary alicyclic amines) is 1. The minimum atomic E-state index is 0.184. The highest BCUT2D eigenvalue weighted by molar-refractivity contribution is 6.36. The highest BCUT2D eigenvalue weighted by Crippen LogP contribution is 2.29. The van der Waals surface area contributed by atoms with Crippen molar-refractivity contribution in [2.45, 2.75) is 19.4 Å². The van der Waals surface area contributed by atoms with Crippen molar-refractivity contribution >= 4 is 24.8 Å². The SMILES string of the molecule is [B]c1cnn2c(NCC3CCCN(Cc4ccco4)C3)cc(-c3ccccc3O)nc12. The highest BCUT2D eigenvalue weighted by atomic mass is 16.3. The Bertz CT molecular complexity index is 1170. The molecule has 0 aliphatic carbocycles. The number of aromatic hydroxyl groups is 1. The largest absolute Gasteiger partial charge is 0.507 e. The number of phenols is 1. The number of benzene rings is 1. The monoisotopic (exact) mass is 413 g/mol. The predicted octanol–water partition coefficient (Wildman–Crippen LogP) is 2.81. The Labute approximate surface area is 182 Å². The molecule has 2 N–H and O–H groups in total. The number of nitrogens with zero attached hydrogens (tertiary/aromatic N) is 4. The van der Waals surface area contributed by atoms with Gasteiger partial charge in [-0.15, -0.1) is 0 Å². The summed E-state index contributed by atoms with van der Waals surface area (Å²) in [5.74, 6) is 2.50. The topological polar surface area (TPSA) is 78.8 Å². The summed E-state index contributed by atoms with van der Waals surface area (Å²) in [5, 5.41) is 18.2. The van der Waals surface area contributed by atoms with E-state index in [1.165, 1.54) is 6.42 Å². The van der Waals surface area contributed by atoms with E-state index in [4.69, 9.17) is 12.3 Å². The summed E-state index contributed by atoms with van der Waals surface area (Å²) in [6, 6.07) is 13.0. The van der Waals surface area contributed by atoms with E-state index >= 15 is 0 Å². The van der Waals surface area contributed by atoms with Crippen molar-refractivity contribution in [2.75, 3.05) is 25.0 Å². The van der Waals surface area contributed by atoms with Gasteiger partial charge in [0, 0.05) is 30.9 Å². The molecule has 1 saturated heterocycles. The Morgan fingerprint density at radius 2 is 2.13 bits per heavy atom. The van der Waals surface area contributed by atoms with Gasteiger partial charge >= 0.3 is 0 Å². The van der Waals surface area contributed by atoms with E-state index in [-0.39, 0.29) is 5.75 Å². The molecule has 1 fully saturated rings. The zero-order chi connectivity index (χ0) is 21.2. The number of piperidine rings is 1. The molecule has 1 aliphatic heterocycles. The van der Waals surface area contributed by atoms with Crippen molar-refractivity contribution in [1.29, 1.82) is 0 Å². The maximum Gasteiger partial charge on any atom is 0.150 e. The summed E-state index contributed by atoms with van der Waals surface area (Å²) in [4.78, 5) is 7.07. The third kappa shape index (κ3) is 4.16. The Hall–Kier alpha value is -3.26. The molecule has 1 unspecified atom stereocenters. The fourth-order valence-corrected chi connectivity index (χ4v) is 4.27. The number of rotatable bonds is 6. The van der Waals surface area contributed by atoms with Gasteiger partial charge in [0.25, 0.3) is 0 Å². The van der Waals surface area contributed by atoms with Crippen molar-refractivity contribution in [1.82, 2.24) is 19.5 Å². The van der Waals surface area contributed by atoms with Gasteiger partial charge in [0.15, 0.2) is 5.65 Å². The van der Waals surface area contributed by atoms with Crippen LogP contribution in [0.15, 0.2) is 59.3 Å². The van der Waals surface area contributed by atoms with Gasteiger partial charge < -0.3 is 14.8 Å². The third-order valence-corrected chi connectivity index (χ3v) is 5.81. The molecule has 0 bridgehead atoms. The second-order valence-electron chi connectivity index (χ2n) is 8.08. The van der Waals surface area contributed by atoms with E-state index in [9.17, 15) is 5.11 Å². The van der Waals surface area contributed by atoms with Crippen molar-refractivity contribution in [3.63, 3.8) is 0 Å². The van der Waals surface area contributed by atoms with E-state index in [1.54, 1.807) is 29.1 Å². The highest BCUT2D eigenvalue weighted by Gasteiger charge is 2.21. The van der Waals surface area contributed by atoms with Crippen molar-refractivity contribution < 1.29 is 9.52 Å². The molecule has 0 spiro atoms. The van der Waals surface area contributed by atoms with Gasteiger partial charge in [-0.05, 0) is 55.0 Å². The molecule has 4 aromatic rings. The van der Waals surface area contributed by atoms with Gasteiger partial charge in [0.2, 0.25) is 0 Å². The van der Waals surface area contributed by atoms with Crippen molar-refractivity contribution in [2.24, 2.45) is 5.92 Å². The zero-order valence-electron chi connectivity index (χ0n) is 17.2. The number of nitrogens with one attached hydrogen (secondary N) is 1. The number of hydrogen-bond donors (Lipinski definition) is 2. The molecule has 8 heteroatoms. The second kappa shape index (κ2) is 8.47. The summed E-state index contributed by atoms with van der Waals surface area (Å²) >= 11 is 0. The van der Waals surface area contributed by atoms with Crippen LogP contribution in [0.5, 0.6) is 5.75 Å². The molecule has 156 valence electrons. The van der Waals surface area contributed by atoms with Crippen LogP contribution in [0.1, 0.15) is 18.6 Å². The first-order valence-corrected chi connectivity index (χ1v) is 10.6. The number of aromatic nitrogens is 3. The molecule has 1 atom stereocenters. The van der Waals surface area contributed by atoms with E-state index in [2.05, 4.69) is 20.3 Å². The van der Waals surface area contributed by atoms with Crippen LogP contribution in [-0.4, -0.2) is 52.1 Å². The average Bonchev–Trinajstić information content (AvgIpc) is 3.43. The Kier molecular flexibility index (Phi) is 5.38. The van der Waals surface area contributed by atoms with E-state index in [1.807, 2.05) is 30.3 Å². The molecule has 1 aromatic carbocycles. The molecule has 1 aliphatic rings. The van der Waals surface area contributed by atoms with Gasteiger partial charge in [-0.3, -0.25) is 4.90 Å². The molecule has 31 heavy (non-hydrogen) atoms. The fourth-order valence-electron chi connectivity index (χ4n) is 4.27. The normalized spacial score (nSPS) is 17.2. The Balaban J connectivity index is 1.35. The molecular weight excluding hydrogens is 389 g/mol. The third-order valence-electron chi connectivity index (χ3n) is 5.81. The van der Waals surface area contributed by atoms with Crippen LogP contribution in [0.25, 0.3) is 16.9 Å². The summed E-state index contributed by atoms with van der Waals surface area (Å²) in [6.07, 6.45) is 5.67. The van der Waals surface area contributed by atoms with Gasteiger partial charge in [-0.25, -0.2) is 4.98 Å². The molecular formula is C23H24BN5O2. The number of hydrogen-bond acceptors (Lipinski definition) is 6. The number of anilines is 1. The standard InChI is InChI=1S/C23H24BN5O2/c24-19-13-26-29-22(11-20(27-23(19)29)18-7-1-2-8-21(18)30)25-12-16-5-3-9-28(14-16)15-17-6-4-10-31-17/h1-2,4,6-8,10-11,13,16,25,30H,3,5,9,12,14-15H2. The predicted molar refractivity (Wildman–Crippen MR) is 121 cm³/mol. The number of para-hydroxylation sites is 1. The quantitative estimate of drug-likeness (QED) is 0.474. The minimum absolute atomic E-state index is 0.184. The molecule has 2 radical (unpaired) electrons. The lowest BCUT2D eigenvalue weighted by Crippen LogP contribution is -2.37. The maximum absolute atomic E-state index is 10.3. The van der Waals surface area contributed by atoms with Crippen molar-refractivity contribution in [3.05, 3.63) is 60.7 Å². The molecule has 7 nitrogen and oxygen atoms in total. The van der Waals surface area contributed by atoms with Crippen LogP contribution in [0.2, 0.25) is 0 Å². The summed E-state index contributed by atoms with van der Waals surface area (Å²) in [7, 11) is 6.10. The van der Waals surface area contributed by atoms with E-state index in [0.29, 0.717) is 28.3 Å². The zero-order valence-corrected chi connectivity index (χ0v) is 17.2. The molecule has 0 amide bonds. The first kappa shape index (κ1) is 19.7. The summed E-state index contributed by atoms with van der Waals surface area (Å²) in [5.41, 5.74) is 2.40. The Morgan fingerprint density at radius 1 is 1.23 bits per heavy atom. The first-order valence-electron chi connectivity index (χ1n) is 10.6. The molecule has 3 aromatic heterocycles. The maximum atomic E-state index is 10.3. The minimum Gasteiger partial charge on any atom is -0.507 e. The van der Waals surface area contributed by atoms with Crippen LogP contribution in [0.3, 0.4) is 0 Å². The van der Waals surface area contributed by atoms with Crippen LogP contribution in [0.4, 0.5) is 5.82 Å². The fraction of sp³-hybridized carbons (Fsp3) is 0.304. The summed E-state index contributed by atoms with van der Waals surface area (Å²) < 4.78 is 7.23. The van der Waals surface area contributed by atoms with Crippen molar-refractivity contribution in [3.8, 4) is 17.0 Å². The van der Waals surface area contributed by atoms with Gasteiger partial charge in [-0.1, -0.05) is 12.1 Å². The molecule has 5 rings (SSSR count). The van der Waals surface area contributed by atoms with E-state index < -0.39 is 0 Å². The smallest absolute Gasteiger partial charge is 0.150 e. The lowest BCUT2D eigenvalue weighted by Gasteiger charge is -2.32. The van der Waals surface area contributed by atoms with Gasteiger partial charge in [0.05, 0.1) is 18.5 Å². The molecule has 0 saturated carbocycles. The van der Waals surface area contributed by atoms with E-state index in [0.717, 1.165) is 44.2 Å². The first-order chi connectivity index (χ1) is 15.2. The number of phenolic OH excluding ortho intramolecular Hbond substituents is 1. The average molecular weight is 413 g/mol. The number of furan rings is 1. The summed E-state index contributed by atoms with van der Waals surface area (Å²) in [6.45, 7) is 3.75. The van der Waals surface area contributed by atoms with Crippen LogP contribution in [-0.2, 0) is 6.54 Å². The number of fused-ring (bicyclic) bond motifs is 1. The second-order valence-corrected chi connectivity index (χ2v) is 8.08.